The number of para-hydroxylation sites is 1. The fourth-order valence-corrected chi connectivity index (χ4v) is 4.98. The maximum Gasteiger partial charge on any atom is 0.196 e. The van der Waals surface area contributed by atoms with Gasteiger partial charge in [0.1, 0.15) is 10.2 Å². The number of hydrogen-bond acceptors (Lipinski definition) is 7. The SMILES string of the molecule is CCN(CC)c1cnc(Sc2cc(NC3CCCC3)cc(Cl)n2)nc1Nc1ccccc1. The minimum Gasteiger partial charge on any atom is -0.382 e. The van der Waals surface area contributed by atoms with Crippen molar-refractivity contribution in [2.24, 2.45) is 0 Å². The third kappa shape index (κ3) is 5.84. The van der Waals surface area contributed by atoms with Crippen LogP contribution >= 0.6 is 23.4 Å². The highest BCUT2D eigenvalue weighted by atomic mass is 35.5. The monoisotopic (exact) mass is 468 g/mol. The quantitative estimate of drug-likeness (QED) is 0.270. The van der Waals surface area contributed by atoms with Crippen molar-refractivity contribution in [1.29, 1.82) is 0 Å². The predicted octanol–water partition coefficient (Wildman–Crippen LogP) is 6.62. The average molecular weight is 469 g/mol. The maximum atomic E-state index is 6.32. The molecule has 2 aromatic heterocycles. The molecule has 0 spiro atoms. The van der Waals surface area contributed by atoms with E-state index in [0.29, 0.717) is 16.4 Å². The first-order valence-electron chi connectivity index (χ1n) is 11.2. The smallest absolute Gasteiger partial charge is 0.196 e. The number of rotatable bonds is 9. The van der Waals surface area contributed by atoms with Gasteiger partial charge in [-0.15, -0.1) is 0 Å². The second-order valence-electron chi connectivity index (χ2n) is 7.79. The van der Waals surface area contributed by atoms with Gasteiger partial charge in [0.05, 0.1) is 11.9 Å². The van der Waals surface area contributed by atoms with Gasteiger partial charge in [-0.1, -0.05) is 42.6 Å². The number of aromatic nitrogens is 3. The van der Waals surface area contributed by atoms with Crippen molar-refractivity contribution < 1.29 is 0 Å². The molecule has 2 heterocycles. The highest BCUT2D eigenvalue weighted by Crippen LogP contribution is 2.33. The Bertz CT molecular complexity index is 1020. The summed E-state index contributed by atoms with van der Waals surface area (Å²) >= 11 is 7.74. The first-order valence-corrected chi connectivity index (χ1v) is 12.4. The van der Waals surface area contributed by atoms with Crippen molar-refractivity contribution in [3.05, 3.63) is 53.8 Å². The summed E-state index contributed by atoms with van der Waals surface area (Å²) in [6, 6.07) is 14.5. The zero-order valence-electron chi connectivity index (χ0n) is 18.5. The summed E-state index contributed by atoms with van der Waals surface area (Å²) in [6.07, 6.45) is 6.85. The Balaban J connectivity index is 1.59. The van der Waals surface area contributed by atoms with E-state index in [9.17, 15) is 0 Å². The van der Waals surface area contributed by atoms with Crippen LogP contribution in [0.25, 0.3) is 0 Å². The molecule has 1 fully saturated rings. The summed E-state index contributed by atoms with van der Waals surface area (Å²) in [5.74, 6) is 0.781. The third-order valence-corrected chi connectivity index (χ3v) is 6.57. The maximum absolute atomic E-state index is 6.32. The van der Waals surface area contributed by atoms with Gasteiger partial charge >= 0.3 is 0 Å². The van der Waals surface area contributed by atoms with Crippen LogP contribution < -0.4 is 15.5 Å². The van der Waals surface area contributed by atoms with Crippen molar-refractivity contribution in [3.8, 4) is 0 Å². The molecule has 1 aliphatic rings. The van der Waals surface area contributed by atoms with Crippen LogP contribution in [0, 0.1) is 0 Å². The lowest BCUT2D eigenvalue weighted by molar-refractivity contribution is 0.754. The van der Waals surface area contributed by atoms with E-state index in [4.69, 9.17) is 16.6 Å². The van der Waals surface area contributed by atoms with Crippen LogP contribution in [0.15, 0.2) is 58.8 Å². The summed E-state index contributed by atoms with van der Waals surface area (Å²) in [7, 11) is 0. The van der Waals surface area contributed by atoms with Gasteiger partial charge in [-0.2, -0.15) is 0 Å². The van der Waals surface area contributed by atoms with Crippen LogP contribution in [-0.4, -0.2) is 34.1 Å². The van der Waals surface area contributed by atoms with Gasteiger partial charge in [-0.25, -0.2) is 15.0 Å². The molecular formula is C24H29ClN6S. The molecule has 1 aliphatic carbocycles. The first-order chi connectivity index (χ1) is 15.6. The number of nitrogens with zero attached hydrogens (tertiary/aromatic N) is 4. The average Bonchev–Trinajstić information content (AvgIpc) is 3.29. The minimum atomic E-state index is 0.470. The Labute approximate surface area is 199 Å². The Hall–Kier alpha value is -2.51. The van der Waals surface area contributed by atoms with Crippen LogP contribution in [0.5, 0.6) is 0 Å². The van der Waals surface area contributed by atoms with E-state index in [2.05, 4.69) is 39.3 Å². The van der Waals surface area contributed by atoms with E-state index < -0.39 is 0 Å². The lowest BCUT2D eigenvalue weighted by Crippen LogP contribution is -2.23. The number of pyridine rings is 1. The van der Waals surface area contributed by atoms with Crippen molar-refractivity contribution in [3.63, 3.8) is 0 Å². The highest BCUT2D eigenvalue weighted by Gasteiger charge is 2.17. The fraction of sp³-hybridized carbons (Fsp3) is 0.375. The van der Waals surface area contributed by atoms with Gasteiger partial charge in [-0.05, 0) is 62.7 Å². The van der Waals surface area contributed by atoms with Crippen LogP contribution in [0.2, 0.25) is 5.15 Å². The third-order valence-electron chi connectivity index (χ3n) is 5.58. The van der Waals surface area contributed by atoms with Gasteiger partial charge in [-0.3, -0.25) is 0 Å². The molecule has 2 N–H and O–H groups in total. The van der Waals surface area contributed by atoms with Gasteiger partial charge < -0.3 is 15.5 Å². The van der Waals surface area contributed by atoms with E-state index in [0.717, 1.165) is 41.0 Å². The Morgan fingerprint density at radius 3 is 2.50 bits per heavy atom. The standard InChI is InChI=1S/C24H29ClN6S/c1-3-31(4-2)20-16-26-24(30-23(20)28-18-10-6-5-7-11-18)32-22-15-19(14-21(25)29-22)27-17-12-8-9-13-17/h5-7,10-11,14-17H,3-4,8-9,12-13H2,1-2H3,(H,27,29)(H,26,28,30). The molecule has 6 nitrogen and oxygen atoms in total. The molecule has 8 heteroatoms. The molecule has 0 atom stereocenters. The van der Waals surface area contributed by atoms with E-state index in [1.807, 2.05) is 48.7 Å². The molecule has 0 bridgehead atoms. The van der Waals surface area contributed by atoms with Crippen molar-refractivity contribution >= 4 is 46.2 Å². The molecule has 0 saturated heterocycles. The number of halogens is 1. The molecule has 0 unspecified atom stereocenters. The molecule has 3 aromatic rings. The molecular weight excluding hydrogens is 440 g/mol. The van der Waals surface area contributed by atoms with Gasteiger partial charge in [0.15, 0.2) is 11.0 Å². The lowest BCUT2D eigenvalue weighted by atomic mass is 10.2. The summed E-state index contributed by atoms with van der Waals surface area (Å²) in [5.41, 5.74) is 2.96. The number of benzene rings is 1. The first kappa shape index (κ1) is 22.7. The second-order valence-corrected chi connectivity index (χ2v) is 9.17. The van der Waals surface area contributed by atoms with Crippen molar-refractivity contribution in [2.75, 3.05) is 28.6 Å². The van der Waals surface area contributed by atoms with Crippen LogP contribution in [-0.2, 0) is 0 Å². The number of anilines is 4. The molecule has 32 heavy (non-hydrogen) atoms. The zero-order valence-corrected chi connectivity index (χ0v) is 20.1. The predicted molar refractivity (Wildman–Crippen MR) is 135 cm³/mol. The summed E-state index contributed by atoms with van der Waals surface area (Å²) in [4.78, 5) is 16.2. The zero-order chi connectivity index (χ0) is 22.3. The lowest BCUT2D eigenvalue weighted by Gasteiger charge is -2.23. The number of hydrogen-bond donors (Lipinski definition) is 2. The van der Waals surface area contributed by atoms with Crippen LogP contribution in [0.1, 0.15) is 39.5 Å². The molecule has 1 saturated carbocycles. The highest BCUT2D eigenvalue weighted by molar-refractivity contribution is 7.99. The number of nitrogens with one attached hydrogen (secondary N) is 2. The van der Waals surface area contributed by atoms with Crippen molar-refractivity contribution in [1.82, 2.24) is 15.0 Å². The summed E-state index contributed by atoms with van der Waals surface area (Å²) in [5, 5.41) is 8.92. The normalized spacial score (nSPS) is 13.8. The van der Waals surface area contributed by atoms with E-state index in [-0.39, 0.29) is 0 Å². The van der Waals surface area contributed by atoms with E-state index in [1.54, 1.807) is 0 Å². The molecule has 4 rings (SSSR count). The molecule has 0 aliphatic heterocycles. The molecule has 0 radical (unpaired) electrons. The van der Waals surface area contributed by atoms with Crippen LogP contribution in [0.4, 0.5) is 22.9 Å². The Morgan fingerprint density at radius 2 is 1.78 bits per heavy atom. The summed E-state index contributed by atoms with van der Waals surface area (Å²) in [6.45, 7) is 6.02. The second kappa shape index (κ2) is 10.9. The summed E-state index contributed by atoms with van der Waals surface area (Å²) < 4.78 is 0. The Kier molecular flexibility index (Phi) is 7.71. The van der Waals surface area contributed by atoms with Gasteiger partial charge in [0, 0.05) is 30.5 Å². The van der Waals surface area contributed by atoms with Crippen molar-refractivity contribution in [2.45, 2.75) is 55.8 Å². The van der Waals surface area contributed by atoms with E-state index >= 15 is 0 Å². The van der Waals surface area contributed by atoms with E-state index in [1.165, 1.54) is 37.4 Å². The topological polar surface area (TPSA) is 66.0 Å². The molecule has 168 valence electrons. The Morgan fingerprint density at radius 1 is 1.03 bits per heavy atom. The fourth-order valence-electron chi connectivity index (χ4n) is 3.96. The minimum absolute atomic E-state index is 0.470. The van der Waals surface area contributed by atoms with Gasteiger partial charge in [0.2, 0.25) is 0 Å². The molecule has 1 aromatic carbocycles. The van der Waals surface area contributed by atoms with Gasteiger partial charge in [0.25, 0.3) is 0 Å². The molecule has 0 amide bonds. The largest absolute Gasteiger partial charge is 0.382 e. The van der Waals surface area contributed by atoms with Crippen LogP contribution in [0.3, 0.4) is 0 Å².